The molecule has 0 saturated heterocycles. The SMILES string of the molecule is O=c1ccncn1CCOc1ccc(C#CCCO)cc1. The lowest BCUT2D eigenvalue weighted by atomic mass is 10.2. The number of benzene rings is 1. The first-order chi connectivity index (χ1) is 10.3. The van der Waals surface area contributed by atoms with Crippen molar-refractivity contribution in [1.29, 1.82) is 0 Å². The first-order valence-electron chi connectivity index (χ1n) is 6.62. The highest BCUT2D eigenvalue weighted by molar-refractivity contribution is 5.38. The van der Waals surface area contributed by atoms with Gasteiger partial charge in [-0.15, -0.1) is 0 Å². The van der Waals surface area contributed by atoms with E-state index in [0.29, 0.717) is 19.6 Å². The highest BCUT2D eigenvalue weighted by Gasteiger charge is 1.97. The highest BCUT2D eigenvalue weighted by Crippen LogP contribution is 2.11. The predicted octanol–water partition coefficient (Wildman–Crippen LogP) is 1.06. The summed E-state index contributed by atoms with van der Waals surface area (Å²) in [4.78, 5) is 15.4. The van der Waals surface area contributed by atoms with Crippen molar-refractivity contribution >= 4 is 0 Å². The minimum absolute atomic E-state index is 0.0713. The Morgan fingerprint density at radius 2 is 2.05 bits per heavy atom. The van der Waals surface area contributed by atoms with Crippen LogP contribution >= 0.6 is 0 Å². The molecule has 0 amide bonds. The van der Waals surface area contributed by atoms with Gasteiger partial charge >= 0.3 is 0 Å². The Kier molecular flexibility index (Phi) is 5.56. The molecule has 0 spiro atoms. The first-order valence-corrected chi connectivity index (χ1v) is 6.62. The van der Waals surface area contributed by atoms with E-state index in [1.165, 1.54) is 23.2 Å². The van der Waals surface area contributed by atoms with Crippen LogP contribution in [0.3, 0.4) is 0 Å². The second kappa shape index (κ2) is 7.88. The summed E-state index contributed by atoms with van der Waals surface area (Å²) < 4.78 is 7.06. The summed E-state index contributed by atoms with van der Waals surface area (Å²) in [6.07, 6.45) is 3.43. The molecule has 2 aromatic rings. The van der Waals surface area contributed by atoms with E-state index in [1.807, 2.05) is 24.3 Å². The van der Waals surface area contributed by atoms with Gasteiger partial charge in [0.2, 0.25) is 0 Å². The molecule has 108 valence electrons. The van der Waals surface area contributed by atoms with Crippen molar-refractivity contribution in [3.05, 3.63) is 58.8 Å². The van der Waals surface area contributed by atoms with Crippen molar-refractivity contribution in [3.8, 4) is 17.6 Å². The van der Waals surface area contributed by atoms with Gasteiger partial charge in [0.1, 0.15) is 12.4 Å². The van der Waals surface area contributed by atoms with Gasteiger partial charge < -0.3 is 9.84 Å². The molecule has 0 bridgehead atoms. The van der Waals surface area contributed by atoms with Crippen LogP contribution in [0.15, 0.2) is 47.7 Å². The molecule has 0 aliphatic carbocycles. The van der Waals surface area contributed by atoms with Gasteiger partial charge in [-0.05, 0) is 24.3 Å². The summed E-state index contributed by atoms with van der Waals surface area (Å²) in [5, 5.41) is 8.65. The van der Waals surface area contributed by atoms with Gasteiger partial charge in [0, 0.05) is 24.2 Å². The van der Waals surface area contributed by atoms with E-state index in [9.17, 15) is 4.79 Å². The van der Waals surface area contributed by atoms with Gasteiger partial charge in [-0.3, -0.25) is 9.36 Å². The van der Waals surface area contributed by atoms with E-state index >= 15 is 0 Å². The van der Waals surface area contributed by atoms with E-state index < -0.39 is 0 Å². The topological polar surface area (TPSA) is 64.4 Å². The lowest BCUT2D eigenvalue weighted by Crippen LogP contribution is -2.22. The van der Waals surface area contributed by atoms with Crippen LogP contribution in [0, 0.1) is 11.8 Å². The normalized spacial score (nSPS) is 9.76. The summed E-state index contributed by atoms with van der Waals surface area (Å²) in [5.74, 6) is 6.52. The second-order valence-electron chi connectivity index (χ2n) is 4.26. The van der Waals surface area contributed by atoms with Gasteiger partial charge in [0.25, 0.3) is 5.56 Å². The number of aromatic nitrogens is 2. The Hall–Kier alpha value is -2.58. The van der Waals surface area contributed by atoms with Crippen LogP contribution in [0.4, 0.5) is 0 Å². The number of rotatable bonds is 5. The minimum Gasteiger partial charge on any atom is -0.492 e. The molecule has 1 aromatic carbocycles. The molecule has 0 saturated carbocycles. The Morgan fingerprint density at radius 3 is 2.76 bits per heavy atom. The molecule has 2 rings (SSSR count). The molecule has 0 radical (unpaired) electrons. The zero-order chi connectivity index (χ0) is 14.9. The molecule has 1 N–H and O–H groups in total. The van der Waals surface area contributed by atoms with Crippen LogP contribution < -0.4 is 10.3 Å². The Labute approximate surface area is 122 Å². The van der Waals surface area contributed by atoms with Crippen LogP contribution in [-0.4, -0.2) is 27.9 Å². The molecule has 1 heterocycles. The number of nitrogens with zero attached hydrogens (tertiary/aromatic N) is 2. The fourth-order valence-corrected chi connectivity index (χ4v) is 1.66. The number of hydrogen-bond donors (Lipinski definition) is 1. The molecule has 1 aromatic heterocycles. The molecule has 0 unspecified atom stereocenters. The molecule has 5 heteroatoms. The largest absolute Gasteiger partial charge is 0.492 e. The van der Waals surface area contributed by atoms with E-state index in [4.69, 9.17) is 9.84 Å². The molecular weight excluding hydrogens is 268 g/mol. The number of aliphatic hydroxyl groups excluding tert-OH is 1. The fourth-order valence-electron chi connectivity index (χ4n) is 1.66. The maximum absolute atomic E-state index is 11.5. The van der Waals surface area contributed by atoms with Crippen molar-refractivity contribution in [2.45, 2.75) is 13.0 Å². The predicted molar refractivity (Wildman–Crippen MR) is 79.0 cm³/mol. The average Bonchev–Trinajstić information content (AvgIpc) is 2.51. The highest BCUT2D eigenvalue weighted by atomic mass is 16.5. The lowest BCUT2D eigenvalue weighted by Gasteiger charge is -2.07. The van der Waals surface area contributed by atoms with Gasteiger partial charge in [0.15, 0.2) is 0 Å². The fraction of sp³-hybridized carbons (Fsp3) is 0.250. The van der Waals surface area contributed by atoms with Crippen LogP contribution in [0.2, 0.25) is 0 Å². The molecular formula is C16H16N2O3. The molecule has 0 atom stereocenters. The van der Waals surface area contributed by atoms with E-state index in [0.717, 1.165) is 11.3 Å². The summed E-state index contributed by atoms with van der Waals surface area (Å²) in [7, 11) is 0. The maximum Gasteiger partial charge on any atom is 0.253 e. The number of aliphatic hydroxyl groups is 1. The summed E-state index contributed by atoms with van der Waals surface area (Å²) >= 11 is 0. The smallest absolute Gasteiger partial charge is 0.253 e. The third-order valence-corrected chi connectivity index (χ3v) is 2.72. The lowest BCUT2D eigenvalue weighted by molar-refractivity contribution is 0.295. The monoisotopic (exact) mass is 284 g/mol. The minimum atomic E-state index is -0.0943. The average molecular weight is 284 g/mol. The summed E-state index contributed by atoms with van der Waals surface area (Å²) in [6, 6.07) is 8.79. The van der Waals surface area contributed by atoms with Gasteiger partial charge in [-0.2, -0.15) is 0 Å². The van der Waals surface area contributed by atoms with Crippen molar-refractivity contribution in [3.63, 3.8) is 0 Å². The van der Waals surface area contributed by atoms with Crippen LogP contribution in [0.1, 0.15) is 12.0 Å². The van der Waals surface area contributed by atoms with Crippen LogP contribution in [-0.2, 0) is 6.54 Å². The third kappa shape index (κ3) is 4.79. The van der Waals surface area contributed by atoms with E-state index in [1.54, 1.807) is 0 Å². The van der Waals surface area contributed by atoms with E-state index in [-0.39, 0.29) is 12.2 Å². The van der Waals surface area contributed by atoms with E-state index in [2.05, 4.69) is 16.8 Å². The number of ether oxygens (including phenoxy) is 1. The van der Waals surface area contributed by atoms with Crippen molar-refractivity contribution < 1.29 is 9.84 Å². The van der Waals surface area contributed by atoms with Gasteiger partial charge in [-0.25, -0.2) is 4.98 Å². The molecule has 0 aliphatic heterocycles. The zero-order valence-electron chi connectivity index (χ0n) is 11.5. The summed E-state index contributed by atoms with van der Waals surface area (Å²) in [5.41, 5.74) is 0.780. The summed E-state index contributed by atoms with van der Waals surface area (Å²) in [6.45, 7) is 0.910. The Morgan fingerprint density at radius 1 is 1.24 bits per heavy atom. The molecule has 5 nitrogen and oxygen atoms in total. The third-order valence-electron chi connectivity index (χ3n) is 2.72. The quantitative estimate of drug-likeness (QED) is 0.834. The van der Waals surface area contributed by atoms with Crippen LogP contribution in [0.25, 0.3) is 0 Å². The van der Waals surface area contributed by atoms with Crippen molar-refractivity contribution in [1.82, 2.24) is 9.55 Å². The standard InChI is InChI=1S/C16H16N2O3/c19-11-2-1-3-14-4-6-15(7-5-14)21-12-10-18-13-17-9-8-16(18)20/h4-9,13,19H,2,10-12H2. The first kappa shape index (κ1) is 14.8. The van der Waals surface area contributed by atoms with Crippen LogP contribution in [0.5, 0.6) is 5.75 Å². The molecule has 0 fully saturated rings. The Bertz CT molecular complexity index is 681. The Balaban J connectivity index is 1.86. The van der Waals surface area contributed by atoms with Crippen molar-refractivity contribution in [2.75, 3.05) is 13.2 Å². The number of hydrogen-bond acceptors (Lipinski definition) is 4. The molecule has 0 aliphatic rings. The van der Waals surface area contributed by atoms with Gasteiger partial charge in [0.05, 0.1) is 19.5 Å². The zero-order valence-corrected chi connectivity index (χ0v) is 11.5. The maximum atomic E-state index is 11.5. The van der Waals surface area contributed by atoms with Crippen molar-refractivity contribution in [2.24, 2.45) is 0 Å². The molecule has 21 heavy (non-hydrogen) atoms. The van der Waals surface area contributed by atoms with Gasteiger partial charge in [-0.1, -0.05) is 11.8 Å². The second-order valence-corrected chi connectivity index (χ2v) is 4.26.